The molecule has 0 amide bonds. The Bertz CT molecular complexity index is 3190. The molecule has 7 aromatic carbocycles. The average molecular weight is 667 g/mol. The molecule has 0 radical (unpaired) electrons. The summed E-state index contributed by atoms with van der Waals surface area (Å²) in [6.45, 7) is 4.33. The lowest BCUT2D eigenvalue weighted by atomic mass is 10.0. The summed E-state index contributed by atoms with van der Waals surface area (Å²) in [5.41, 5.74) is 11.2. The number of fused-ring (bicyclic) bond motifs is 12. The van der Waals surface area contributed by atoms with Crippen LogP contribution in [0.5, 0.6) is 0 Å². The quantitative estimate of drug-likeness (QED) is 0.166. The molecule has 11 rings (SSSR count). The number of rotatable bonds is 6. The van der Waals surface area contributed by atoms with E-state index in [2.05, 4.69) is 149 Å². The van der Waals surface area contributed by atoms with E-state index in [0.717, 1.165) is 66.5 Å². The predicted octanol–water partition coefficient (Wildman–Crippen LogP) is 13.6. The van der Waals surface area contributed by atoms with Crippen LogP contribution in [-0.4, -0.2) is 4.40 Å². The predicted molar refractivity (Wildman–Crippen MR) is 218 cm³/mol. The maximum atomic E-state index is 6.41. The highest BCUT2D eigenvalue weighted by Crippen LogP contribution is 2.44. The third-order valence-electron chi connectivity index (χ3n) is 10.5. The standard InChI is InChI=1S/C48H30N2O2/c1-2-31(13-11-12-30-22-24-38-36-16-5-9-20-44(36)51-46(38)26-30)49(32-23-25-39-37-17-6-10-21-45(37)52-47(39)29-32)33-27-40-34-14-3-7-18-42(34)50-43-19-8-4-15-35(43)41(28-33)48(40)50/h2-29H,1H2. The van der Waals surface area contributed by atoms with E-state index in [9.17, 15) is 0 Å². The summed E-state index contributed by atoms with van der Waals surface area (Å²) in [4.78, 5) is 2.29. The molecule has 244 valence electrons. The summed E-state index contributed by atoms with van der Waals surface area (Å²) >= 11 is 0. The van der Waals surface area contributed by atoms with Crippen LogP contribution in [0.2, 0.25) is 0 Å². The molecule has 4 aromatic heterocycles. The molecule has 0 atom stereocenters. The summed E-state index contributed by atoms with van der Waals surface area (Å²) < 4.78 is 15.0. The molecule has 11 aromatic rings. The van der Waals surface area contributed by atoms with Gasteiger partial charge in [-0.3, -0.25) is 0 Å². The smallest absolute Gasteiger partial charge is 0.137 e. The lowest BCUT2D eigenvalue weighted by molar-refractivity contribution is 0.668. The summed E-state index contributed by atoms with van der Waals surface area (Å²) in [7, 11) is 0. The van der Waals surface area contributed by atoms with Gasteiger partial charge in [0.05, 0.1) is 16.6 Å². The van der Waals surface area contributed by atoms with Crippen LogP contribution in [0.3, 0.4) is 0 Å². The van der Waals surface area contributed by atoms with Gasteiger partial charge >= 0.3 is 0 Å². The Balaban J connectivity index is 1.11. The van der Waals surface area contributed by atoms with Crippen molar-refractivity contribution in [2.75, 3.05) is 4.90 Å². The highest BCUT2D eigenvalue weighted by Gasteiger charge is 2.22. The highest BCUT2D eigenvalue weighted by molar-refractivity contribution is 6.24. The summed E-state index contributed by atoms with van der Waals surface area (Å²) in [6, 6.07) is 51.3. The first-order valence-corrected chi connectivity index (χ1v) is 17.5. The lowest BCUT2D eigenvalue weighted by Gasteiger charge is -2.26. The van der Waals surface area contributed by atoms with Crippen LogP contribution in [0.1, 0.15) is 5.56 Å². The van der Waals surface area contributed by atoms with Gasteiger partial charge in [0.25, 0.3) is 0 Å². The third kappa shape index (κ3) is 4.15. The minimum atomic E-state index is 0.842. The molecular weight excluding hydrogens is 637 g/mol. The number of anilines is 2. The summed E-state index contributed by atoms with van der Waals surface area (Å²) in [5, 5.41) is 9.34. The van der Waals surface area contributed by atoms with Crippen LogP contribution >= 0.6 is 0 Å². The van der Waals surface area contributed by atoms with Crippen molar-refractivity contribution in [3.63, 3.8) is 0 Å². The fourth-order valence-corrected chi connectivity index (χ4v) is 8.20. The van der Waals surface area contributed by atoms with Crippen molar-refractivity contribution in [1.29, 1.82) is 0 Å². The van der Waals surface area contributed by atoms with Crippen LogP contribution in [0, 0.1) is 0 Å². The van der Waals surface area contributed by atoms with Crippen LogP contribution in [0.15, 0.2) is 185 Å². The largest absolute Gasteiger partial charge is 0.456 e. The summed E-state index contributed by atoms with van der Waals surface area (Å²) in [5.74, 6) is 0. The van der Waals surface area contributed by atoms with Crippen molar-refractivity contribution in [1.82, 2.24) is 4.40 Å². The fraction of sp³-hybridized carbons (Fsp3) is 0. The van der Waals surface area contributed by atoms with E-state index < -0.39 is 0 Å². The van der Waals surface area contributed by atoms with E-state index in [1.165, 1.54) is 38.1 Å². The number of furan rings is 2. The van der Waals surface area contributed by atoms with E-state index in [1.54, 1.807) is 0 Å². The summed E-state index contributed by atoms with van der Waals surface area (Å²) in [6.07, 6.45) is 8.26. The molecule has 0 saturated carbocycles. The van der Waals surface area contributed by atoms with Crippen molar-refractivity contribution >= 4 is 99.4 Å². The van der Waals surface area contributed by atoms with Gasteiger partial charge in [-0.15, -0.1) is 0 Å². The molecule has 0 fully saturated rings. The number of benzene rings is 7. The van der Waals surface area contributed by atoms with Gasteiger partial charge in [0.2, 0.25) is 0 Å². The molecule has 0 aliphatic carbocycles. The first kappa shape index (κ1) is 28.8. The number of para-hydroxylation sites is 4. The molecule has 0 unspecified atom stereocenters. The second-order valence-electron chi connectivity index (χ2n) is 13.4. The van der Waals surface area contributed by atoms with Crippen molar-refractivity contribution in [3.05, 3.63) is 182 Å². The molecule has 0 saturated heterocycles. The van der Waals surface area contributed by atoms with Crippen molar-refractivity contribution in [3.8, 4) is 0 Å². The Kier molecular flexibility index (Phi) is 6.07. The number of hydrogen-bond acceptors (Lipinski definition) is 3. The van der Waals surface area contributed by atoms with Crippen LogP contribution in [0.4, 0.5) is 11.4 Å². The number of aromatic nitrogens is 1. The van der Waals surface area contributed by atoms with Crippen LogP contribution in [-0.2, 0) is 0 Å². The highest BCUT2D eigenvalue weighted by atomic mass is 16.3. The number of hydrogen-bond donors (Lipinski definition) is 0. The Labute approximate surface area is 298 Å². The zero-order valence-electron chi connectivity index (χ0n) is 28.1. The van der Waals surface area contributed by atoms with E-state index >= 15 is 0 Å². The van der Waals surface area contributed by atoms with Crippen molar-refractivity contribution in [2.45, 2.75) is 0 Å². The van der Waals surface area contributed by atoms with Gasteiger partial charge in [-0.1, -0.05) is 97.6 Å². The van der Waals surface area contributed by atoms with Gasteiger partial charge in [-0.2, -0.15) is 0 Å². The van der Waals surface area contributed by atoms with Gasteiger partial charge < -0.3 is 18.1 Å². The van der Waals surface area contributed by atoms with Crippen LogP contribution in [0.25, 0.3) is 88.0 Å². The first-order valence-electron chi connectivity index (χ1n) is 17.5. The molecule has 52 heavy (non-hydrogen) atoms. The molecule has 4 heteroatoms. The molecular formula is C48H30N2O2. The molecule has 0 aliphatic heterocycles. The zero-order valence-corrected chi connectivity index (χ0v) is 28.1. The normalized spacial score (nSPS) is 12.7. The molecule has 0 spiro atoms. The number of allylic oxidation sites excluding steroid dienone is 3. The van der Waals surface area contributed by atoms with E-state index in [-0.39, 0.29) is 0 Å². The monoisotopic (exact) mass is 666 g/mol. The van der Waals surface area contributed by atoms with Gasteiger partial charge in [0, 0.05) is 66.2 Å². The minimum Gasteiger partial charge on any atom is -0.456 e. The average Bonchev–Trinajstić information content (AvgIpc) is 3.93. The van der Waals surface area contributed by atoms with Gasteiger partial charge in [-0.25, -0.2) is 0 Å². The van der Waals surface area contributed by atoms with Gasteiger partial charge in [0.15, 0.2) is 0 Å². The molecule has 0 aliphatic rings. The topological polar surface area (TPSA) is 33.9 Å². The second kappa shape index (κ2) is 11.0. The first-order chi connectivity index (χ1) is 25.7. The molecule has 4 nitrogen and oxygen atoms in total. The SMILES string of the molecule is C=CC(=CC=Cc1ccc2c(c1)oc1ccccc12)N(c1ccc2c(c1)oc1ccccc12)c1cc2c3ccccc3n3c4ccccc4c(c1)c23. The minimum absolute atomic E-state index is 0.842. The third-order valence-corrected chi connectivity index (χ3v) is 10.5. The Morgan fingerprint density at radius 1 is 0.500 bits per heavy atom. The second-order valence-corrected chi connectivity index (χ2v) is 13.4. The van der Waals surface area contributed by atoms with Crippen molar-refractivity contribution < 1.29 is 8.83 Å². The van der Waals surface area contributed by atoms with Crippen molar-refractivity contribution in [2.24, 2.45) is 0 Å². The maximum absolute atomic E-state index is 6.41. The fourth-order valence-electron chi connectivity index (χ4n) is 8.20. The van der Waals surface area contributed by atoms with Gasteiger partial charge in [-0.05, 0) is 78.4 Å². The Hall–Kier alpha value is -7.04. The van der Waals surface area contributed by atoms with Gasteiger partial charge in [0.1, 0.15) is 22.3 Å². The number of nitrogens with zero attached hydrogens (tertiary/aromatic N) is 2. The Morgan fingerprint density at radius 3 is 1.67 bits per heavy atom. The van der Waals surface area contributed by atoms with Crippen LogP contribution < -0.4 is 4.90 Å². The molecule has 0 N–H and O–H groups in total. The van der Waals surface area contributed by atoms with E-state index in [4.69, 9.17) is 8.83 Å². The molecule has 0 bridgehead atoms. The Morgan fingerprint density at radius 2 is 1.04 bits per heavy atom. The maximum Gasteiger partial charge on any atom is 0.137 e. The molecule has 4 heterocycles. The van der Waals surface area contributed by atoms with E-state index in [0.29, 0.717) is 0 Å². The zero-order chi connectivity index (χ0) is 34.3. The lowest BCUT2D eigenvalue weighted by Crippen LogP contribution is -2.15. The van der Waals surface area contributed by atoms with E-state index in [1.807, 2.05) is 36.4 Å².